The average Bonchev–Trinajstić information content (AvgIpc) is 2.45. The maximum absolute atomic E-state index is 12.9. The highest BCUT2D eigenvalue weighted by atomic mass is 19.1. The number of rotatable bonds is 4. The molecule has 0 aliphatic carbocycles. The molecule has 104 valence electrons. The number of amides is 1. The van der Waals surface area contributed by atoms with Gasteiger partial charge in [-0.25, -0.2) is 4.98 Å². The van der Waals surface area contributed by atoms with Crippen molar-refractivity contribution in [3.05, 3.63) is 59.7 Å². The van der Waals surface area contributed by atoms with E-state index < -0.39 is 5.95 Å². The third-order valence-corrected chi connectivity index (χ3v) is 2.85. The van der Waals surface area contributed by atoms with Gasteiger partial charge in [0.25, 0.3) is 5.91 Å². The lowest BCUT2D eigenvalue weighted by Crippen LogP contribution is -2.24. The standard InChI is InChI=1S/C15H16FN3O/c1-19(2)12-8-6-11(7-9-12)10-17-15(20)13-4-3-5-14(16)18-13/h3-9H,10H2,1-2H3,(H,17,20). The normalized spacial score (nSPS) is 10.2. The third-order valence-electron chi connectivity index (χ3n) is 2.85. The van der Waals surface area contributed by atoms with Crippen LogP contribution >= 0.6 is 0 Å². The summed E-state index contributed by atoms with van der Waals surface area (Å²) >= 11 is 0. The molecular weight excluding hydrogens is 257 g/mol. The van der Waals surface area contributed by atoms with Crippen molar-refractivity contribution in [2.45, 2.75) is 6.54 Å². The van der Waals surface area contributed by atoms with Crippen molar-refractivity contribution >= 4 is 11.6 Å². The van der Waals surface area contributed by atoms with Crippen LogP contribution in [-0.4, -0.2) is 25.0 Å². The zero-order chi connectivity index (χ0) is 14.5. The molecule has 0 bridgehead atoms. The predicted molar refractivity (Wildman–Crippen MR) is 76.1 cm³/mol. The summed E-state index contributed by atoms with van der Waals surface area (Å²) in [5, 5.41) is 2.71. The van der Waals surface area contributed by atoms with E-state index >= 15 is 0 Å². The minimum Gasteiger partial charge on any atom is -0.378 e. The molecule has 1 N–H and O–H groups in total. The Hall–Kier alpha value is -2.43. The molecule has 0 aliphatic heterocycles. The summed E-state index contributed by atoms with van der Waals surface area (Å²) in [5.74, 6) is -1.05. The minimum absolute atomic E-state index is 0.0786. The molecule has 2 aromatic rings. The first kappa shape index (κ1) is 14.0. The number of hydrogen-bond donors (Lipinski definition) is 1. The molecule has 4 nitrogen and oxygen atoms in total. The first-order valence-electron chi connectivity index (χ1n) is 6.23. The smallest absolute Gasteiger partial charge is 0.270 e. The molecule has 0 radical (unpaired) electrons. The Morgan fingerprint density at radius 2 is 1.90 bits per heavy atom. The molecule has 1 aromatic heterocycles. The number of pyridine rings is 1. The molecule has 1 amide bonds. The Morgan fingerprint density at radius 1 is 1.20 bits per heavy atom. The van der Waals surface area contributed by atoms with Crippen LogP contribution in [0.1, 0.15) is 16.1 Å². The SMILES string of the molecule is CN(C)c1ccc(CNC(=O)c2cccc(F)n2)cc1. The van der Waals surface area contributed by atoms with Crippen molar-refractivity contribution in [1.29, 1.82) is 0 Å². The summed E-state index contributed by atoms with van der Waals surface area (Å²) in [5.41, 5.74) is 2.14. The van der Waals surface area contributed by atoms with Gasteiger partial charge in [-0.2, -0.15) is 4.39 Å². The molecule has 0 spiro atoms. The van der Waals surface area contributed by atoms with Crippen molar-refractivity contribution in [2.75, 3.05) is 19.0 Å². The highest BCUT2D eigenvalue weighted by Gasteiger charge is 2.07. The van der Waals surface area contributed by atoms with Crippen LogP contribution in [0.4, 0.5) is 10.1 Å². The lowest BCUT2D eigenvalue weighted by molar-refractivity contribution is 0.0944. The molecule has 0 atom stereocenters. The fraction of sp³-hybridized carbons (Fsp3) is 0.200. The van der Waals surface area contributed by atoms with Gasteiger partial charge in [0.1, 0.15) is 5.69 Å². The third kappa shape index (κ3) is 3.54. The van der Waals surface area contributed by atoms with Gasteiger partial charge in [0.2, 0.25) is 5.95 Å². The van der Waals surface area contributed by atoms with Gasteiger partial charge in [-0.05, 0) is 29.8 Å². The number of nitrogens with one attached hydrogen (secondary N) is 1. The summed E-state index contributed by atoms with van der Waals surface area (Å²) in [4.78, 5) is 17.3. The number of anilines is 1. The molecule has 0 fully saturated rings. The first-order chi connectivity index (χ1) is 9.56. The molecule has 0 unspecified atom stereocenters. The van der Waals surface area contributed by atoms with Gasteiger partial charge in [0, 0.05) is 26.3 Å². The fourth-order valence-electron chi connectivity index (χ4n) is 1.72. The number of hydrogen-bond acceptors (Lipinski definition) is 3. The molecule has 0 aliphatic rings. The molecule has 0 saturated heterocycles. The second-order valence-electron chi connectivity index (χ2n) is 4.59. The van der Waals surface area contributed by atoms with Crippen LogP contribution in [0.3, 0.4) is 0 Å². The van der Waals surface area contributed by atoms with Crippen molar-refractivity contribution in [2.24, 2.45) is 0 Å². The largest absolute Gasteiger partial charge is 0.378 e. The zero-order valence-electron chi connectivity index (χ0n) is 11.4. The van der Waals surface area contributed by atoms with Crippen LogP contribution < -0.4 is 10.2 Å². The lowest BCUT2D eigenvalue weighted by Gasteiger charge is -2.12. The van der Waals surface area contributed by atoms with Gasteiger partial charge in [0.15, 0.2) is 0 Å². The highest BCUT2D eigenvalue weighted by Crippen LogP contribution is 2.12. The van der Waals surface area contributed by atoms with Crippen molar-refractivity contribution in [3.63, 3.8) is 0 Å². The Morgan fingerprint density at radius 3 is 2.50 bits per heavy atom. The van der Waals surface area contributed by atoms with Crippen LogP contribution in [-0.2, 0) is 6.54 Å². The number of benzene rings is 1. The van der Waals surface area contributed by atoms with Crippen LogP contribution in [0, 0.1) is 5.95 Å². The topological polar surface area (TPSA) is 45.2 Å². The molecule has 5 heteroatoms. The zero-order valence-corrected chi connectivity index (χ0v) is 11.4. The predicted octanol–water partition coefficient (Wildman–Crippen LogP) is 2.22. The van der Waals surface area contributed by atoms with E-state index in [4.69, 9.17) is 0 Å². The van der Waals surface area contributed by atoms with E-state index in [2.05, 4.69) is 10.3 Å². The van der Waals surface area contributed by atoms with E-state index in [1.807, 2.05) is 43.3 Å². The van der Waals surface area contributed by atoms with Crippen molar-refractivity contribution in [3.8, 4) is 0 Å². The molecule has 2 rings (SSSR count). The number of carbonyl (C=O) groups excluding carboxylic acids is 1. The summed E-state index contributed by atoms with van der Waals surface area (Å²) < 4.78 is 12.9. The van der Waals surface area contributed by atoms with Gasteiger partial charge in [-0.15, -0.1) is 0 Å². The lowest BCUT2D eigenvalue weighted by atomic mass is 10.2. The van der Waals surface area contributed by atoms with E-state index in [9.17, 15) is 9.18 Å². The quantitative estimate of drug-likeness (QED) is 0.869. The Balaban J connectivity index is 1.96. The molecule has 1 aromatic carbocycles. The fourth-order valence-corrected chi connectivity index (χ4v) is 1.72. The van der Waals surface area contributed by atoms with E-state index in [1.165, 1.54) is 18.2 Å². The maximum atomic E-state index is 12.9. The van der Waals surface area contributed by atoms with E-state index in [0.29, 0.717) is 6.54 Å². The monoisotopic (exact) mass is 273 g/mol. The second kappa shape index (κ2) is 6.14. The Labute approximate surface area is 117 Å². The first-order valence-corrected chi connectivity index (χ1v) is 6.23. The van der Waals surface area contributed by atoms with Gasteiger partial charge in [-0.3, -0.25) is 4.79 Å². The number of aromatic nitrogens is 1. The molecular formula is C15H16FN3O. The van der Waals surface area contributed by atoms with E-state index in [0.717, 1.165) is 11.3 Å². The number of halogens is 1. The van der Waals surface area contributed by atoms with Gasteiger partial charge in [0.05, 0.1) is 0 Å². The maximum Gasteiger partial charge on any atom is 0.270 e. The highest BCUT2D eigenvalue weighted by molar-refractivity contribution is 5.92. The average molecular weight is 273 g/mol. The van der Waals surface area contributed by atoms with Gasteiger partial charge < -0.3 is 10.2 Å². The Bertz CT molecular complexity index is 596. The molecule has 1 heterocycles. The van der Waals surface area contributed by atoms with E-state index in [1.54, 1.807) is 0 Å². The van der Waals surface area contributed by atoms with Crippen LogP contribution in [0.25, 0.3) is 0 Å². The van der Waals surface area contributed by atoms with Crippen LogP contribution in [0.15, 0.2) is 42.5 Å². The number of nitrogens with zero attached hydrogens (tertiary/aromatic N) is 2. The second-order valence-corrected chi connectivity index (χ2v) is 4.59. The summed E-state index contributed by atoms with van der Waals surface area (Å²) in [6.45, 7) is 0.380. The van der Waals surface area contributed by atoms with Crippen LogP contribution in [0.5, 0.6) is 0 Å². The van der Waals surface area contributed by atoms with E-state index in [-0.39, 0.29) is 11.6 Å². The van der Waals surface area contributed by atoms with Crippen LogP contribution in [0.2, 0.25) is 0 Å². The van der Waals surface area contributed by atoms with Gasteiger partial charge >= 0.3 is 0 Å². The summed E-state index contributed by atoms with van der Waals surface area (Å²) in [6, 6.07) is 12.0. The summed E-state index contributed by atoms with van der Waals surface area (Å²) in [6.07, 6.45) is 0. The Kier molecular flexibility index (Phi) is 4.30. The van der Waals surface area contributed by atoms with Crippen molar-refractivity contribution in [1.82, 2.24) is 10.3 Å². The summed E-state index contributed by atoms with van der Waals surface area (Å²) in [7, 11) is 3.93. The molecule has 0 saturated carbocycles. The number of carbonyl (C=O) groups is 1. The minimum atomic E-state index is -0.659. The van der Waals surface area contributed by atoms with Crippen molar-refractivity contribution < 1.29 is 9.18 Å². The van der Waals surface area contributed by atoms with Gasteiger partial charge in [-0.1, -0.05) is 18.2 Å². The molecule has 20 heavy (non-hydrogen) atoms.